The van der Waals surface area contributed by atoms with Gasteiger partial charge in [0.2, 0.25) is 5.76 Å². The van der Waals surface area contributed by atoms with Gasteiger partial charge in [-0.05, 0) is 0 Å². The standard InChI is InChI=1S/C12H8N2O3/c1-7-14-10(11(17-7)12(15)16)8-3-5-9(13-2)6-4-8/h3-6H,1H3,(H,15,16). The van der Waals surface area contributed by atoms with Crippen molar-refractivity contribution in [2.45, 2.75) is 6.92 Å². The molecule has 17 heavy (non-hydrogen) atoms. The van der Waals surface area contributed by atoms with Gasteiger partial charge in [0.15, 0.2) is 11.6 Å². The fourth-order valence-corrected chi connectivity index (χ4v) is 1.46. The number of benzene rings is 1. The highest BCUT2D eigenvalue weighted by molar-refractivity contribution is 5.91. The molecule has 1 aromatic carbocycles. The van der Waals surface area contributed by atoms with E-state index < -0.39 is 5.97 Å². The van der Waals surface area contributed by atoms with Gasteiger partial charge in [-0.25, -0.2) is 14.6 Å². The molecule has 0 aliphatic carbocycles. The minimum atomic E-state index is -1.16. The van der Waals surface area contributed by atoms with Gasteiger partial charge in [0.25, 0.3) is 0 Å². The molecule has 2 rings (SSSR count). The van der Waals surface area contributed by atoms with E-state index >= 15 is 0 Å². The minimum absolute atomic E-state index is 0.182. The lowest BCUT2D eigenvalue weighted by Gasteiger charge is -1.97. The molecule has 5 nitrogen and oxygen atoms in total. The molecule has 1 N–H and O–H groups in total. The van der Waals surface area contributed by atoms with Crippen molar-refractivity contribution >= 4 is 11.7 Å². The van der Waals surface area contributed by atoms with Crippen LogP contribution >= 0.6 is 0 Å². The van der Waals surface area contributed by atoms with Gasteiger partial charge in [-0.15, -0.1) is 0 Å². The van der Waals surface area contributed by atoms with Crippen molar-refractivity contribution in [1.82, 2.24) is 4.98 Å². The number of hydrogen-bond acceptors (Lipinski definition) is 3. The Kier molecular flexibility index (Phi) is 2.63. The van der Waals surface area contributed by atoms with E-state index in [2.05, 4.69) is 9.83 Å². The average molecular weight is 228 g/mol. The highest BCUT2D eigenvalue weighted by Gasteiger charge is 2.19. The maximum absolute atomic E-state index is 10.9. The van der Waals surface area contributed by atoms with Crippen molar-refractivity contribution < 1.29 is 14.3 Å². The quantitative estimate of drug-likeness (QED) is 0.802. The summed E-state index contributed by atoms with van der Waals surface area (Å²) in [6, 6.07) is 6.52. The lowest BCUT2D eigenvalue weighted by Crippen LogP contribution is -1.96. The van der Waals surface area contributed by atoms with Gasteiger partial charge in [-0.1, -0.05) is 24.3 Å². The second kappa shape index (κ2) is 4.10. The van der Waals surface area contributed by atoms with Gasteiger partial charge in [0.05, 0.1) is 6.57 Å². The molecule has 2 aromatic rings. The largest absolute Gasteiger partial charge is 0.475 e. The molecule has 0 spiro atoms. The predicted octanol–water partition coefficient (Wildman–Crippen LogP) is 2.90. The summed E-state index contributed by atoms with van der Waals surface area (Å²) in [5.41, 5.74) is 1.39. The molecule has 1 heterocycles. The normalized spacial score (nSPS) is 9.88. The molecule has 0 unspecified atom stereocenters. The monoisotopic (exact) mass is 228 g/mol. The van der Waals surface area contributed by atoms with Gasteiger partial charge in [-0.2, -0.15) is 0 Å². The van der Waals surface area contributed by atoms with Crippen molar-refractivity contribution in [1.29, 1.82) is 0 Å². The van der Waals surface area contributed by atoms with E-state index in [0.717, 1.165) is 0 Å². The molecule has 0 radical (unpaired) electrons. The van der Waals surface area contributed by atoms with Crippen LogP contribution in [0.4, 0.5) is 5.69 Å². The molecular weight excluding hydrogens is 220 g/mol. The van der Waals surface area contributed by atoms with Crippen LogP contribution < -0.4 is 0 Å². The first-order valence-electron chi connectivity index (χ1n) is 4.80. The van der Waals surface area contributed by atoms with E-state index in [1.165, 1.54) is 0 Å². The van der Waals surface area contributed by atoms with Crippen molar-refractivity contribution in [3.63, 3.8) is 0 Å². The summed E-state index contributed by atoms with van der Waals surface area (Å²) in [4.78, 5) is 18.2. The van der Waals surface area contributed by atoms with Crippen LogP contribution in [-0.2, 0) is 0 Å². The summed E-state index contributed by atoms with van der Waals surface area (Å²) in [7, 11) is 0. The Hall–Kier alpha value is -2.61. The molecule has 0 saturated heterocycles. The van der Waals surface area contributed by atoms with E-state index in [4.69, 9.17) is 16.1 Å². The molecule has 5 heteroatoms. The SMILES string of the molecule is [C-]#[N+]c1ccc(-c2nc(C)oc2C(=O)O)cc1. The first kappa shape index (κ1) is 10.9. The van der Waals surface area contributed by atoms with Crippen LogP contribution in [0.3, 0.4) is 0 Å². The van der Waals surface area contributed by atoms with E-state index in [0.29, 0.717) is 17.1 Å². The van der Waals surface area contributed by atoms with Crippen LogP contribution in [0.15, 0.2) is 28.7 Å². The molecule has 0 saturated carbocycles. The molecule has 0 atom stereocenters. The molecule has 0 bridgehead atoms. The number of aromatic nitrogens is 1. The number of aromatic carboxylic acids is 1. The summed E-state index contributed by atoms with van der Waals surface area (Å²) < 4.78 is 5.02. The predicted molar refractivity (Wildman–Crippen MR) is 59.9 cm³/mol. The lowest BCUT2D eigenvalue weighted by molar-refractivity contribution is 0.0662. The zero-order valence-electron chi connectivity index (χ0n) is 8.97. The number of carbonyl (C=O) groups is 1. The maximum atomic E-state index is 10.9. The Morgan fingerprint density at radius 1 is 1.41 bits per heavy atom. The first-order chi connectivity index (χ1) is 8.11. The first-order valence-corrected chi connectivity index (χ1v) is 4.80. The summed E-state index contributed by atoms with van der Waals surface area (Å²) in [6.07, 6.45) is 0. The number of hydrogen-bond donors (Lipinski definition) is 1. The van der Waals surface area contributed by atoms with E-state index in [9.17, 15) is 4.79 Å². The molecular formula is C12H8N2O3. The molecule has 0 aliphatic heterocycles. The summed E-state index contributed by atoms with van der Waals surface area (Å²) in [6.45, 7) is 8.42. The maximum Gasteiger partial charge on any atom is 0.374 e. The van der Waals surface area contributed by atoms with Crippen molar-refractivity contribution in [2.24, 2.45) is 0 Å². The van der Waals surface area contributed by atoms with Crippen LogP contribution in [0.5, 0.6) is 0 Å². The Labute approximate surface area is 97.2 Å². The third kappa shape index (κ3) is 2.01. The molecule has 0 aliphatic rings. The topological polar surface area (TPSA) is 67.7 Å². The third-order valence-electron chi connectivity index (χ3n) is 2.20. The number of rotatable bonds is 2. The average Bonchev–Trinajstić information content (AvgIpc) is 2.72. The molecule has 0 amide bonds. The number of carboxylic acid groups (broad SMARTS) is 1. The fraction of sp³-hybridized carbons (Fsp3) is 0.0833. The number of nitrogens with zero attached hydrogens (tertiary/aromatic N) is 2. The summed E-state index contributed by atoms with van der Waals surface area (Å²) in [5.74, 6) is -1.04. The zero-order valence-corrected chi connectivity index (χ0v) is 8.97. The van der Waals surface area contributed by atoms with Crippen LogP contribution in [0, 0.1) is 13.5 Å². The highest BCUT2D eigenvalue weighted by Crippen LogP contribution is 2.25. The zero-order chi connectivity index (χ0) is 12.4. The summed E-state index contributed by atoms with van der Waals surface area (Å²) in [5, 5.41) is 8.96. The molecule has 84 valence electrons. The smallest absolute Gasteiger partial charge is 0.374 e. The van der Waals surface area contributed by atoms with E-state index in [1.54, 1.807) is 31.2 Å². The van der Waals surface area contributed by atoms with Crippen molar-refractivity contribution in [2.75, 3.05) is 0 Å². The van der Waals surface area contributed by atoms with Crippen molar-refractivity contribution in [3.05, 3.63) is 47.3 Å². The van der Waals surface area contributed by atoms with Crippen LogP contribution in [0.25, 0.3) is 16.1 Å². The van der Waals surface area contributed by atoms with E-state index in [-0.39, 0.29) is 11.5 Å². The van der Waals surface area contributed by atoms with E-state index in [1.807, 2.05) is 0 Å². The molecule has 1 aromatic heterocycles. The Bertz CT molecular complexity index is 606. The summed E-state index contributed by atoms with van der Waals surface area (Å²) >= 11 is 0. The van der Waals surface area contributed by atoms with Gasteiger partial charge < -0.3 is 9.52 Å². The number of oxazole rings is 1. The third-order valence-corrected chi connectivity index (χ3v) is 2.20. The van der Waals surface area contributed by atoms with Gasteiger partial charge in [0, 0.05) is 12.5 Å². The van der Waals surface area contributed by atoms with Gasteiger partial charge >= 0.3 is 5.97 Å². The number of aryl methyl sites for hydroxylation is 1. The number of carboxylic acids is 1. The Morgan fingerprint density at radius 2 is 2.06 bits per heavy atom. The lowest BCUT2D eigenvalue weighted by atomic mass is 10.1. The van der Waals surface area contributed by atoms with Gasteiger partial charge in [0.1, 0.15) is 5.69 Å². The van der Waals surface area contributed by atoms with Crippen LogP contribution in [0.2, 0.25) is 0 Å². The second-order valence-corrected chi connectivity index (χ2v) is 3.37. The van der Waals surface area contributed by atoms with Crippen LogP contribution in [0.1, 0.15) is 16.4 Å². The molecule has 0 fully saturated rings. The Balaban J connectivity index is 2.52. The minimum Gasteiger partial charge on any atom is -0.475 e. The van der Waals surface area contributed by atoms with Crippen molar-refractivity contribution in [3.8, 4) is 11.3 Å². The highest BCUT2D eigenvalue weighted by atomic mass is 16.4. The van der Waals surface area contributed by atoms with Gasteiger partial charge in [-0.3, -0.25) is 0 Å². The fourth-order valence-electron chi connectivity index (χ4n) is 1.46. The Morgan fingerprint density at radius 3 is 2.59 bits per heavy atom. The second-order valence-electron chi connectivity index (χ2n) is 3.37. The van der Waals surface area contributed by atoms with Crippen LogP contribution in [-0.4, -0.2) is 16.1 Å².